The van der Waals surface area contributed by atoms with Crippen molar-refractivity contribution in [3.63, 3.8) is 0 Å². The Morgan fingerprint density at radius 1 is 1.30 bits per heavy atom. The Bertz CT molecular complexity index is 391. The molecule has 20 heavy (non-hydrogen) atoms. The van der Waals surface area contributed by atoms with E-state index in [-0.39, 0.29) is 0 Å². The summed E-state index contributed by atoms with van der Waals surface area (Å²) >= 11 is 0. The summed E-state index contributed by atoms with van der Waals surface area (Å²) in [7, 11) is 1.68. The van der Waals surface area contributed by atoms with Crippen LogP contribution in [0.5, 0.6) is 5.75 Å². The number of benzene rings is 1. The van der Waals surface area contributed by atoms with E-state index >= 15 is 0 Å². The van der Waals surface area contributed by atoms with E-state index in [1.165, 1.54) is 5.56 Å². The molecule has 0 aliphatic carbocycles. The first-order chi connectivity index (χ1) is 9.67. The van der Waals surface area contributed by atoms with Crippen molar-refractivity contribution in [2.24, 2.45) is 0 Å². The second-order valence-electron chi connectivity index (χ2n) is 4.47. The molecule has 0 saturated heterocycles. The number of carboxylic acid groups (broad SMARTS) is 1. The maximum Gasteiger partial charge on any atom is 0.320 e. The third kappa shape index (κ3) is 6.04. The molecule has 5 nitrogen and oxygen atoms in total. The van der Waals surface area contributed by atoms with Crippen molar-refractivity contribution < 1.29 is 19.4 Å². The van der Waals surface area contributed by atoms with Crippen molar-refractivity contribution >= 4 is 5.97 Å². The van der Waals surface area contributed by atoms with Gasteiger partial charge in [-0.2, -0.15) is 0 Å². The van der Waals surface area contributed by atoms with Crippen molar-refractivity contribution in [1.82, 2.24) is 5.32 Å². The standard InChI is InChI=1S/C15H23NO4/c1-3-16-14(15(17)18)9-11-20-13-6-4-12(5-7-13)8-10-19-2/h4-7,14,16H,3,8-11H2,1-2H3,(H,17,18). The van der Waals surface area contributed by atoms with Crippen molar-refractivity contribution in [3.8, 4) is 5.75 Å². The minimum absolute atomic E-state index is 0.376. The normalized spacial score (nSPS) is 12.1. The molecule has 1 atom stereocenters. The molecule has 1 unspecified atom stereocenters. The Hall–Kier alpha value is -1.59. The lowest BCUT2D eigenvalue weighted by molar-refractivity contribution is -0.139. The second-order valence-corrected chi connectivity index (χ2v) is 4.47. The summed E-state index contributed by atoms with van der Waals surface area (Å²) in [5, 5.41) is 11.9. The number of carboxylic acids is 1. The molecule has 1 aromatic rings. The van der Waals surface area contributed by atoms with Crippen molar-refractivity contribution in [3.05, 3.63) is 29.8 Å². The maximum absolute atomic E-state index is 10.9. The van der Waals surface area contributed by atoms with Gasteiger partial charge in [-0.25, -0.2) is 0 Å². The fraction of sp³-hybridized carbons (Fsp3) is 0.533. The Kier molecular flexibility index (Phi) is 7.69. The number of nitrogens with one attached hydrogen (secondary N) is 1. The summed E-state index contributed by atoms with van der Waals surface area (Å²) in [5.74, 6) is -0.0860. The van der Waals surface area contributed by atoms with Crippen LogP contribution in [-0.4, -0.2) is 44.0 Å². The minimum atomic E-state index is -0.842. The van der Waals surface area contributed by atoms with Gasteiger partial charge in [-0.3, -0.25) is 4.79 Å². The molecule has 0 radical (unpaired) electrons. The van der Waals surface area contributed by atoms with E-state index in [1.807, 2.05) is 31.2 Å². The number of methoxy groups -OCH3 is 1. The van der Waals surface area contributed by atoms with Crippen LogP contribution < -0.4 is 10.1 Å². The largest absolute Gasteiger partial charge is 0.494 e. The van der Waals surface area contributed by atoms with Crippen LogP contribution in [0.1, 0.15) is 18.9 Å². The van der Waals surface area contributed by atoms with Crippen LogP contribution in [0.4, 0.5) is 0 Å². The van der Waals surface area contributed by atoms with Gasteiger partial charge in [-0.1, -0.05) is 19.1 Å². The van der Waals surface area contributed by atoms with Gasteiger partial charge in [0.05, 0.1) is 13.2 Å². The lowest BCUT2D eigenvalue weighted by Gasteiger charge is -2.13. The van der Waals surface area contributed by atoms with Gasteiger partial charge in [0.1, 0.15) is 11.8 Å². The van der Waals surface area contributed by atoms with Gasteiger partial charge in [0.2, 0.25) is 0 Å². The van der Waals surface area contributed by atoms with E-state index in [2.05, 4.69) is 5.32 Å². The summed E-state index contributed by atoms with van der Waals surface area (Å²) in [4.78, 5) is 10.9. The monoisotopic (exact) mass is 281 g/mol. The molecule has 0 heterocycles. The number of carbonyl (C=O) groups is 1. The average molecular weight is 281 g/mol. The van der Waals surface area contributed by atoms with Crippen molar-refractivity contribution in [2.45, 2.75) is 25.8 Å². The van der Waals surface area contributed by atoms with Crippen LogP contribution in [0.2, 0.25) is 0 Å². The first-order valence-corrected chi connectivity index (χ1v) is 6.84. The predicted octanol–water partition coefficient (Wildman–Crippen LogP) is 1.71. The maximum atomic E-state index is 10.9. The molecular weight excluding hydrogens is 258 g/mol. The highest BCUT2D eigenvalue weighted by Crippen LogP contribution is 2.13. The molecule has 0 aliphatic heterocycles. The molecule has 0 fully saturated rings. The van der Waals surface area contributed by atoms with Crippen LogP contribution in [0.3, 0.4) is 0 Å². The first-order valence-electron chi connectivity index (χ1n) is 6.84. The van der Waals surface area contributed by atoms with Crippen molar-refractivity contribution in [1.29, 1.82) is 0 Å². The fourth-order valence-corrected chi connectivity index (χ4v) is 1.83. The molecule has 0 saturated carbocycles. The summed E-state index contributed by atoms with van der Waals surface area (Å²) in [5.41, 5.74) is 1.19. The molecule has 0 spiro atoms. The zero-order chi connectivity index (χ0) is 14.8. The topological polar surface area (TPSA) is 67.8 Å². The van der Waals surface area contributed by atoms with E-state index in [9.17, 15) is 4.79 Å². The SMILES string of the molecule is CCNC(CCOc1ccc(CCOC)cc1)C(=O)O. The smallest absolute Gasteiger partial charge is 0.320 e. The van der Waals surface area contributed by atoms with Crippen LogP contribution >= 0.6 is 0 Å². The quantitative estimate of drug-likeness (QED) is 0.683. The summed E-state index contributed by atoms with van der Waals surface area (Å²) < 4.78 is 10.6. The van der Waals surface area contributed by atoms with Crippen LogP contribution in [0, 0.1) is 0 Å². The van der Waals surface area contributed by atoms with Gasteiger partial charge in [-0.05, 0) is 30.7 Å². The van der Waals surface area contributed by atoms with E-state index in [4.69, 9.17) is 14.6 Å². The van der Waals surface area contributed by atoms with Gasteiger partial charge in [0.25, 0.3) is 0 Å². The third-order valence-electron chi connectivity index (χ3n) is 2.94. The highest BCUT2D eigenvalue weighted by Gasteiger charge is 2.15. The number of aliphatic carboxylic acids is 1. The molecule has 1 rings (SSSR count). The van der Waals surface area contributed by atoms with Crippen LogP contribution in [0.15, 0.2) is 24.3 Å². The van der Waals surface area contributed by atoms with Crippen molar-refractivity contribution in [2.75, 3.05) is 26.9 Å². The van der Waals surface area contributed by atoms with Gasteiger partial charge in [0.15, 0.2) is 0 Å². The van der Waals surface area contributed by atoms with Gasteiger partial charge < -0.3 is 19.9 Å². The number of ether oxygens (including phenoxy) is 2. The van der Waals surface area contributed by atoms with Crippen LogP contribution in [0.25, 0.3) is 0 Å². The summed E-state index contributed by atoms with van der Waals surface area (Å²) in [6, 6.07) is 7.23. The van der Waals surface area contributed by atoms with E-state index in [0.717, 1.165) is 12.2 Å². The fourth-order valence-electron chi connectivity index (χ4n) is 1.83. The molecule has 2 N–H and O–H groups in total. The summed E-state index contributed by atoms with van der Waals surface area (Å²) in [6.07, 6.45) is 1.31. The molecular formula is C15H23NO4. The molecule has 5 heteroatoms. The Morgan fingerprint density at radius 2 is 2.00 bits per heavy atom. The number of rotatable bonds is 10. The molecule has 0 amide bonds. The molecule has 0 aromatic heterocycles. The first kappa shape index (κ1) is 16.5. The molecule has 112 valence electrons. The Balaban J connectivity index is 2.35. The number of likely N-dealkylation sites (N-methyl/N-ethyl adjacent to an activating group) is 1. The average Bonchev–Trinajstić information content (AvgIpc) is 2.45. The van der Waals surface area contributed by atoms with E-state index in [1.54, 1.807) is 7.11 Å². The third-order valence-corrected chi connectivity index (χ3v) is 2.94. The van der Waals surface area contributed by atoms with Gasteiger partial charge >= 0.3 is 5.97 Å². The highest BCUT2D eigenvalue weighted by atomic mass is 16.5. The Labute approximate surface area is 119 Å². The lowest BCUT2D eigenvalue weighted by atomic mass is 10.1. The minimum Gasteiger partial charge on any atom is -0.494 e. The zero-order valence-electron chi connectivity index (χ0n) is 12.1. The van der Waals surface area contributed by atoms with E-state index in [0.29, 0.717) is 26.2 Å². The molecule has 1 aromatic carbocycles. The number of hydrogen-bond acceptors (Lipinski definition) is 4. The molecule has 0 aliphatic rings. The van der Waals surface area contributed by atoms with Crippen LogP contribution in [-0.2, 0) is 16.0 Å². The van der Waals surface area contributed by atoms with E-state index < -0.39 is 12.0 Å². The molecule has 0 bridgehead atoms. The second kappa shape index (κ2) is 9.34. The number of hydrogen-bond donors (Lipinski definition) is 2. The summed E-state index contributed by atoms with van der Waals surface area (Å²) in [6.45, 7) is 3.59. The lowest BCUT2D eigenvalue weighted by Crippen LogP contribution is -2.37. The van der Waals surface area contributed by atoms with Gasteiger partial charge in [-0.15, -0.1) is 0 Å². The highest BCUT2D eigenvalue weighted by molar-refractivity contribution is 5.73. The predicted molar refractivity (Wildman–Crippen MR) is 77.2 cm³/mol. The zero-order valence-corrected chi connectivity index (χ0v) is 12.1. The Morgan fingerprint density at radius 3 is 2.55 bits per heavy atom. The van der Waals surface area contributed by atoms with Gasteiger partial charge in [0, 0.05) is 13.5 Å².